The first-order chi connectivity index (χ1) is 9.56. The number of rotatable bonds is 1. The van der Waals surface area contributed by atoms with Gasteiger partial charge >= 0.3 is 0 Å². The zero-order valence-corrected chi connectivity index (χ0v) is 11.3. The second-order valence-electron chi connectivity index (χ2n) is 5.94. The molecule has 1 saturated carbocycles. The van der Waals surface area contributed by atoms with Crippen LogP contribution in [0.2, 0.25) is 0 Å². The molecule has 2 fully saturated rings. The number of likely N-dealkylation sites (tertiary alicyclic amines) is 1. The molecule has 1 aliphatic carbocycles. The molecule has 3 atom stereocenters. The van der Waals surface area contributed by atoms with E-state index >= 15 is 0 Å². The summed E-state index contributed by atoms with van der Waals surface area (Å²) in [6, 6.07) is 4.15. The van der Waals surface area contributed by atoms with Crippen molar-refractivity contribution in [3.63, 3.8) is 0 Å². The Morgan fingerprint density at radius 1 is 1.30 bits per heavy atom. The molecule has 1 heterocycles. The van der Waals surface area contributed by atoms with Gasteiger partial charge in [-0.1, -0.05) is 6.07 Å². The summed E-state index contributed by atoms with van der Waals surface area (Å²) in [7, 11) is 0. The lowest BCUT2D eigenvalue weighted by Crippen LogP contribution is -2.32. The number of halogens is 1. The van der Waals surface area contributed by atoms with Gasteiger partial charge in [0.25, 0.3) is 5.91 Å². The Hall–Kier alpha value is -1.62. The number of phenols is 1. The number of carbonyl (C=O) groups is 1. The maximum atomic E-state index is 13.8. The lowest BCUT2D eigenvalue weighted by molar-refractivity contribution is 0.0776. The average molecular weight is 278 g/mol. The molecule has 1 unspecified atom stereocenters. The Bertz CT molecular complexity index is 514. The van der Waals surface area contributed by atoms with Crippen LogP contribution in [0.25, 0.3) is 0 Å². The van der Waals surface area contributed by atoms with E-state index in [1.165, 1.54) is 18.2 Å². The molecule has 20 heavy (non-hydrogen) atoms. The van der Waals surface area contributed by atoms with Crippen LogP contribution in [0.1, 0.15) is 29.6 Å². The Labute approximate surface area is 117 Å². The van der Waals surface area contributed by atoms with E-state index in [1.807, 2.05) is 0 Å². The molecule has 0 aromatic heterocycles. The fourth-order valence-corrected chi connectivity index (χ4v) is 3.52. The summed E-state index contributed by atoms with van der Waals surface area (Å²) < 4.78 is 13.8. The standard InChI is InChI=1S/C15H19FN2O2/c16-12-2-1-3-13(19)14(12)15(20)18-7-9-4-5-11(17)6-10(9)8-18/h1-3,9-11,19H,4-8,17H2/t9-,10+,11?/m1/s1. The second kappa shape index (κ2) is 5.05. The Morgan fingerprint density at radius 3 is 2.80 bits per heavy atom. The zero-order valence-electron chi connectivity index (χ0n) is 11.3. The smallest absolute Gasteiger partial charge is 0.260 e. The van der Waals surface area contributed by atoms with E-state index in [0.717, 1.165) is 19.3 Å². The normalized spacial score (nSPS) is 29.3. The molecule has 1 amide bonds. The molecular formula is C15H19FN2O2. The third kappa shape index (κ3) is 2.26. The number of amides is 1. The largest absolute Gasteiger partial charge is 0.507 e. The molecule has 1 aliphatic heterocycles. The number of fused-ring (bicyclic) bond motifs is 1. The fourth-order valence-electron chi connectivity index (χ4n) is 3.52. The number of hydrogen-bond acceptors (Lipinski definition) is 3. The van der Waals surface area contributed by atoms with Gasteiger partial charge < -0.3 is 15.7 Å². The summed E-state index contributed by atoms with van der Waals surface area (Å²) in [6.07, 6.45) is 2.95. The summed E-state index contributed by atoms with van der Waals surface area (Å²) in [5.41, 5.74) is 5.76. The van der Waals surface area contributed by atoms with Gasteiger partial charge in [0.1, 0.15) is 17.1 Å². The molecule has 1 saturated heterocycles. The highest BCUT2D eigenvalue weighted by Gasteiger charge is 2.39. The summed E-state index contributed by atoms with van der Waals surface area (Å²) in [4.78, 5) is 14.1. The molecular weight excluding hydrogens is 259 g/mol. The predicted octanol–water partition coefficient (Wildman–Crippen LogP) is 1.73. The summed E-state index contributed by atoms with van der Waals surface area (Å²) in [6.45, 7) is 1.26. The van der Waals surface area contributed by atoms with Crippen LogP contribution in [0, 0.1) is 17.7 Å². The number of nitrogens with two attached hydrogens (primary N) is 1. The molecule has 1 aromatic carbocycles. The Balaban J connectivity index is 1.79. The van der Waals surface area contributed by atoms with Gasteiger partial charge in [-0.2, -0.15) is 0 Å². The van der Waals surface area contributed by atoms with Crippen molar-refractivity contribution in [2.45, 2.75) is 25.3 Å². The van der Waals surface area contributed by atoms with Crippen molar-refractivity contribution in [1.29, 1.82) is 0 Å². The third-order valence-electron chi connectivity index (χ3n) is 4.58. The Morgan fingerprint density at radius 2 is 2.05 bits per heavy atom. The van der Waals surface area contributed by atoms with Crippen LogP contribution < -0.4 is 5.73 Å². The number of nitrogens with zero attached hydrogens (tertiary/aromatic N) is 1. The number of benzene rings is 1. The molecule has 3 rings (SSSR count). The monoisotopic (exact) mass is 278 g/mol. The molecule has 0 spiro atoms. The lowest BCUT2D eigenvalue weighted by Gasteiger charge is -2.27. The molecule has 5 heteroatoms. The van der Waals surface area contributed by atoms with Crippen molar-refractivity contribution < 1.29 is 14.3 Å². The first-order valence-electron chi connectivity index (χ1n) is 7.08. The quantitative estimate of drug-likeness (QED) is 0.822. The van der Waals surface area contributed by atoms with Crippen LogP contribution in [-0.2, 0) is 0 Å². The van der Waals surface area contributed by atoms with Crippen molar-refractivity contribution in [2.75, 3.05) is 13.1 Å². The zero-order chi connectivity index (χ0) is 14.3. The van der Waals surface area contributed by atoms with Crippen LogP contribution in [0.5, 0.6) is 5.75 Å². The third-order valence-corrected chi connectivity index (χ3v) is 4.58. The minimum atomic E-state index is -0.665. The summed E-state index contributed by atoms with van der Waals surface area (Å²) in [5.74, 6) is -0.490. The first kappa shape index (κ1) is 13.4. The summed E-state index contributed by atoms with van der Waals surface area (Å²) in [5, 5.41) is 9.72. The van der Waals surface area contributed by atoms with Gasteiger partial charge in [0.05, 0.1) is 0 Å². The molecule has 108 valence electrons. The number of aromatic hydroxyl groups is 1. The number of carbonyl (C=O) groups excluding carboxylic acids is 1. The van der Waals surface area contributed by atoms with Crippen molar-refractivity contribution in [3.05, 3.63) is 29.6 Å². The van der Waals surface area contributed by atoms with Crippen molar-refractivity contribution in [2.24, 2.45) is 17.6 Å². The topological polar surface area (TPSA) is 66.6 Å². The van der Waals surface area contributed by atoms with E-state index in [9.17, 15) is 14.3 Å². The van der Waals surface area contributed by atoms with E-state index in [-0.39, 0.29) is 17.4 Å². The van der Waals surface area contributed by atoms with Gasteiger partial charge in [-0.3, -0.25) is 4.79 Å². The van der Waals surface area contributed by atoms with Crippen molar-refractivity contribution >= 4 is 5.91 Å². The van der Waals surface area contributed by atoms with Crippen LogP contribution in [0.4, 0.5) is 4.39 Å². The Kier molecular flexibility index (Phi) is 3.38. The van der Waals surface area contributed by atoms with Gasteiger partial charge in [0.2, 0.25) is 0 Å². The first-order valence-corrected chi connectivity index (χ1v) is 7.08. The minimum absolute atomic E-state index is 0.213. The van der Waals surface area contributed by atoms with Crippen molar-refractivity contribution in [3.8, 4) is 5.75 Å². The van der Waals surface area contributed by atoms with Crippen molar-refractivity contribution in [1.82, 2.24) is 4.90 Å². The number of phenolic OH excluding ortho intramolecular Hbond substituents is 1. The molecule has 0 radical (unpaired) electrons. The van der Waals surface area contributed by atoms with Gasteiger partial charge in [-0.05, 0) is 43.2 Å². The molecule has 2 aliphatic rings. The highest BCUT2D eigenvalue weighted by atomic mass is 19.1. The second-order valence-corrected chi connectivity index (χ2v) is 5.94. The fraction of sp³-hybridized carbons (Fsp3) is 0.533. The van der Waals surface area contributed by atoms with Crippen LogP contribution in [0.15, 0.2) is 18.2 Å². The van der Waals surface area contributed by atoms with E-state index < -0.39 is 11.7 Å². The maximum absolute atomic E-state index is 13.8. The van der Waals surface area contributed by atoms with Crippen LogP contribution >= 0.6 is 0 Å². The van der Waals surface area contributed by atoms with Gasteiger partial charge in [-0.15, -0.1) is 0 Å². The molecule has 3 N–H and O–H groups in total. The van der Waals surface area contributed by atoms with E-state index in [2.05, 4.69) is 0 Å². The maximum Gasteiger partial charge on any atom is 0.260 e. The molecule has 0 bridgehead atoms. The minimum Gasteiger partial charge on any atom is -0.507 e. The highest BCUT2D eigenvalue weighted by molar-refractivity contribution is 5.97. The van der Waals surface area contributed by atoms with E-state index in [1.54, 1.807) is 4.90 Å². The van der Waals surface area contributed by atoms with E-state index in [4.69, 9.17) is 5.73 Å². The lowest BCUT2D eigenvalue weighted by atomic mass is 9.79. The summed E-state index contributed by atoms with van der Waals surface area (Å²) >= 11 is 0. The highest BCUT2D eigenvalue weighted by Crippen LogP contribution is 2.37. The van der Waals surface area contributed by atoms with Gasteiger partial charge in [0.15, 0.2) is 0 Å². The molecule has 1 aromatic rings. The average Bonchev–Trinajstić information content (AvgIpc) is 2.81. The van der Waals surface area contributed by atoms with E-state index in [0.29, 0.717) is 24.9 Å². The van der Waals surface area contributed by atoms with Crippen LogP contribution in [-0.4, -0.2) is 35.0 Å². The van der Waals surface area contributed by atoms with Gasteiger partial charge in [0, 0.05) is 19.1 Å². The SMILES string of the molecule is NC1CC[C@@H]2CN(C(=O)c3c(O)cccc3F)C[C@@H]2C1. The van der Waals surface area contributed by atoms with Gasteiger partial charge in [-0.25, -0.2) is 4.39 Å². The molecule has 4 nitrogen and oxygen atoms in total. The predicted molar refractivity (Wildman–Crippen MR) is 72.8 cm³/mol. The van der Waals surface area contributed by atoms with Crippen LogP contribution in [0.3, 0.4) is 0 Å². The number of hydrogen-bond donors (Lipinski definition) is 2.